The zero-order valence-corrected chi connectivity index (χ0v) is 17.3. The number of anilines is 2. The van der Waals surface area contributed by atoms with Gasteiger partial charge in [0.05, 0.1) is 15.9 Å². The third-order valence-electron chi connectivity index (χ3n) is 4.50. The van der Waals surface area contributed by atoms with E-state index in [1.54, 1.807) is 24.0 Å². The van der Waals surface area contributed by atoms with Crippen molar-refractivity contribution in [3.8, 4) is 5.69 Å². The van der Waals surface area contributed by atoms with Crippen molar-refractivity contribution in [3.05, 3.63) is 89.2 Å². The predicted molar refractivity (Wildman–Crippen MR) is 123 cm³/mol. The minimum Gasteiger partial charge on any atom is -0.341 e. The van der Waals surface area contributed by atoms with Crippen molar-refractivity contribution < 1.29 is 0 Å². The van der Waals surface area contributed by atoms with Gasteiger partial charge in [-0.15, -0.1) is 11.8 Å². The average Bonchev–Trinajstić information content (AvgIpc) is 2.73. The number of aromatic nitrogens is 2. The van der Waals surface area contributed by atoms with Crippen LogP contribution in [-0.4, -0.2) is 15.3 Å². The second kappa shape index (κ2) is 8.53. The summed E-state index contributed by atoms with van der Waals surface area (Å²) in [5.41, 5.74) is 2.73. The largest absolute Gasteiger partial charge is 0.341 e. The van der Waals surface area contributed by atoms with Crippen molar-refractivity contribution in [2.75, 3.05) is 11.1 Å². The van der Waals surface area contributed by atoms with E-state index in [9.17, 15) is 4.79 Å². The minimum absolute atomic E-state index is 0.0430. The Bertz CT molecular complexity index is 1170. The molecule has 0 bridgehead atoms. The highest BCUT2D eigenvalue weighted by Crippen LogP contribution is 2.28. The first-order valence-electron chi connectivity index (χ1n) is 9.68. The molecule has 2 heterocycles. The molecule has 0 spiro atoms. The van der Waals surface area contributed by atoms with Gasteiger partial charge in [-0.3, -0.25) is 9.36 Å². The van der Waals surface area contributed by atoms with Crippen LogP contribution >= 0.6 is 11.8 Å². The number of hydrogen-bond donors (Lipinski definition) is 1. The maximum atomic E-state index is 12.9. The van der Waals surface area contributed by atoms with Gasteiger partial charge in [0.1, 0.15) is 5.82 Å². The van der Waals surface area contributed by atoms with Gasteiger partial charge < -0.3 is 5.32 Å². The Morgan fingerprint density at radius 3 is 2.38 bits per heavy atom. The molecule has 0 fully saturated rings. The van der Waals surface area contributed by atoms with Crippen LogP contribution in [0.5, 0.6) is 0 Å². The monoisotopic (exact) mass is 401 g/mol. The fourth-order valence-electron chi connectivity index (χ4n) is 3.14. The molecule has 0 saturated heterocycles. The van der Waals surface area contributed by atoms with Crippen LogP contribution in [0.25, 0.3) is 16.6 Å². The Morgan fingerprint density at radius 1 is 1.00 bits per heavy atom. The van der Waals surface area contributed by atoms with E-state index in [4.69, 9.17) is 0 Å². The van der Waals surface area contributed by atoms with Crippen molar-refractivity contribution >= 4 is 34.2 Å². The molecule has 4 rings (SSSR count). The zero-order chi connectivity index (χ0) is 20.2. The lowest BCUT2D eigenvalue weighted by Gasteiger charge is -2.19. The van der Waals surface area contributed by atoms with Crippen molar-refractivity contribution in [2.24, 2.45) is 5.92 Å². The molecule has 0 amide bonds. The Morgan fingerprint density at radius 2 is 1.69 bits per heavy atom. The molecule has 4 nitrogen and oxygen atoms in total. The lowest BCUT2D eigenvalue weighted by molar-refractivity contribution is 0.749. The smallest absolute Gasteiger partial charge is 0.193 e. The summed E-state index contributed by atoms with van der Waals surface area (Å²) in [5.74, 6) is 2.28. The van der Waals surface area contributed by atoms with E-state index < -0.39 is 0 Å². The molecule has 2 aromatic heterocycles. The highest BCUT2D eigenvalue weighted by atomic mass is 32.2. The summed E-state index contributed by atoms with van der Waals surface area (Å²) in [6.45, 7) is 4.38. The number of para-hydroxylation sites is 2. The SMILES string of the molecule is CC(C)CSc1cc2c(cn1)c(=O)cc(Nc1ccccc1)n2-c1ccccc1. The lowest BCUT2D eigenvalue weighted by atomic mass is 10.2. The lowest BCUT2D eigenvalue weighted by Crippen LogP contribution is -2.13. The van der Waals surface area contributed by atoms with Crippen molar-refractivity contribution in [1.82, 2.24) is 9.55 Å². The second-order valence-electron chi connectivity index (χ2n) is 7.30. The number of hydrogen-bond acceptors (Lipinski definition) is 4. The number of rotatable bonds is 6. The fourth-order valence-corrected chi connectivity index (χ4v) is 3.97. The number of pyridine rings is 2. The molecule has 0 aliphatic carbocycles. The van der Waals surface area contributed by atoms with Crippen LogP contribution in [-0.2, 0) is 0 Å². The molecule has 0 unspecified atom stereocenters. The van der Waals surface area contributed by atoms with Crippen LogP contribution in [0.3, 0.4) is 0 Å². The topological polar surface area (TPSA) is 46.9 Å². The van der Waals surface area contributed by atoms with Gasteiger partial charge in [0.2, 0.25) is 0 Å². The van der Waals surface area contributed by atoms with Gasteiger partial charge in [-0.05, 0) is 36.2 Å². The maximum Gasteiger partial charge on any atom is 0.193 e. The molecule has 1 N–H and O–H groups in total. The zero-order valence-electron chi connectivity index (χ0n) is 16.5. The third-order valence-corrected chi connectivity index (χ3v) is 5.85. The first kappa shape index (κ1) is 19.3. The Labute approximate surface area is 174 Å². The van der Waals surface area contributed by atoms with Gasteiger partial charge in [0, 0.05) is 29.4 Å². The number of benzene rings is 2. The van der Waals surface area contributed by atoms with E-state index in [0.29, 0.717) is 11.3 Å². The molecule has 0 aliphatic heterocycles. The van der Waals surface area contributed by atoms with E-state index in [1.807, 2.05) is 66.7 Å². The summed E-state index contributed by atoms with van der Waals surface area (Å²) in [6.07, 6.45) is 1.70. The van der Waals surface area contributed by atoms with Crippen LogP contribution in [0.1, 0.15) is 13.8 Å². The number of thioether (sulfide) groups is 1. The Kier molecular flexibility index (Phi) is 5.67. The maximum absolute atomic E-state index is 12.9. The molecule has 0 saturated carbocycles. The Balaban J connectivity index is 1.92. The highest BCUT2D eigenvalue weighted by Gasteiger charge is 2.13. The van der Waals surface area contributed by atoms with E-state index in [1.165, 1.54) is 0 Å². The quantitative estimate of drug-likeness (QED) is 0.410. The predicted octanol–water partition coefficient (Wildman–Crippen LogP) is 5.88. The van der Waals surface area contributed by atoms with Gasteiger partial charge in [-0.25, -0.2) is 4.98 Å². The van der Waals surface area contributed by atoms with E-state index in [2.05, 4.69) is 28.7 Å². The van der Waals surface area contributed by atoms with Crippen LogP contribution in [0.15, 0.2) is 88.8 Å². The molecule has 2 aromatic carbocycles. The summed E-state index contributed by atoms with van der Waals surface area (Å²) in [4.78, 5) is 17.4. The molecule has 5 heteroatoms. The van der Waals surface area contributed by atoms with Crippen LogP contribution < -0.4 is 10.7 Å². The van der Waals surface area contributed by atoms with Gasteiger partial charge >= 0.3 is 0 Å². The van der Waals surface area contributed by atoms with Crippen molar-refractivity contribution in [3.63, 3.8) is 0 Å². The first-order valence-corrected chi connectivity index (χ1v) is 10.7. The van der Waals surface area contributed by atoms with Crippen LogP contribution in [0, 0.1) is 5.92 Å². The molecular weight excluding hydrogens is 378 g/mol. The molecule has 0 atom stereocenters. The summed E-state index contributed by atoms with van der Waals surface area (Å²) >= 11 is 1.72. The fraction of sp³-hybridized carbons (Fsp3) is 0.167. The molecule has 0 aliphatic rings. The van der Waals surface area contributed by atoms with Crippen molar-refractivity contribution in [1.29, 1.82) is 0 Å². The number of nitrogens with zero attached hydrogens (tertiary/aromatic N) is 2. The third kappa shape index (κ3) is 4.35. The summed E-state index contributed by atoms with van der Waals surface area (Å²) in [7, 11) is 0. The standard InChI is InChI=1S/C24H23N3OS/c1-17(2)16-29-24-13-21-20(15-25-24)22(28)14-23(26-18-9-5-3-6-10-18)27(21)19-11-7-4-8-12-19/h3-15,17,26H,16H2,1-2H3. The minimum atomic E-state index is -0.0430. The van der Waals surface area contributed by atoms with Crippen LogP contribution in [0.4, 0.5) is 11.5 Å². The summed E-state index contributed by atoms with van der Waals surface area (Å²) in [5, 5.41) is 4.95. The normalized spacial score (nSPS) is 11.1. The van der Waals surface area contributed by atoms with Gasteiger partial charge in [0.15, 0.2) is 5.43 Å². The highest BCUT2D eigenvalue weighted by molar-refractivity contribution is 7.99. The molecule has 0 radical (unpaired) electrons. The second-order valence-corrected chi connectivity index (χ2v) is 8.34. The molecular formula is C24H23N3OS. The van der Waals surface area contributed by atoms with E-state index in [0.717, 1.165) is 33.5 Å². The summed E-state index contributed by atoms with van der Waals surface area (Å²) in [6, 6.07) is 23.6. The first-order chi connectivity index (χ1) is 14.1. The molecule has 146 valence electrons. The van der Waals surface area contributed by atoms with E-state index >= 15 is 0 Å². The van der Waals surface area contributed by atoms with Crippen molar-refractivity contribution in [2.45, 2.75) is 18.9 Å². The van der Waals surface area contributed by atoms with Gasteiger partial charge in [-0.1, -0.05) is 50.2 Å². The number of nitrogens with one attached hydrogen (secondary N) is 1. The molecule has 4 aromatic rings. The average molecular weight is 402 g/mol. The molecule has 29 heavy (non-hydrogen) atoms. The number of fused-ring (bicyclic) bond motifs is 1. The van der Waals surface area contributed by atoms with Gasteiger partial charge in [-0.2, -0.15) is 0 Å². The summed E-state index contributed by atoms with van der Waals surface area (Å²) < 4.78 is 2.09. The van der Waals surface area contributed by atoms with Crippen LogP contribution in [0.2, 0.25) is 0 Å². The van der Waals surface area contributed by atoms with E-state index in [-0.39, 0.29) is 5.43 Å². The van der Waals surface area contributed by atoms with Gasteiger partial charge in [0.25, 0.3) is 0 Å². The Hall–Kier alpha value is -3.05.